The Labute approximate surface area is 139 Å². The second-order valence-electron chi connectivity index (χ2n) is 4.54. The molecule has 10 heteroatoms. The van der Waals surface area contributed by atoms with Gasteiger partial charge < -0.3 is 5.11 Å². The molecule has 0 atom stereocenters. The van der Waals surface area contributed by atoms with Gasteiger partial charge in [-0.05, 0) is 41.2 Å². The molecule has 120 valence electrons. The number of nitrogens with zero attached hydrogens (tertiary/aromatic N) is 5. The van der Waals surface area contributed by atoms with Crippen molar-refractivity contribution in [3.05, 3.63) is 64.2 Å². The topological polar surface area (TPSA) is 124 Å². The van der Waals surface area contributed by atoms with Gasteiger partial charge in [-0.2, -0.15) is 0 Å². The van der Waals surface area contributed by atoms with Crippen molar-refractivity contribution in [3.8, 4) is 5.69 Å². The Balaban J connectivity index is 1.90. The number of hydrogen-bond donors (Lipinski definition) is 1. The summed E-state index contributed by atoms with van der Waals surface area (Å²) in [7, 11) is 0. The van der Waals surface area contributed by atoms with Crippen LogP contribution in [0.4, 0.5) is 5.69 Å². The number of nitro benzene ring substituents is 1. The molecule has 2 aromatic carbocycles. The number of nitro groups is 1. The van der Waals surface area contributed by atoms with Crippen molar-refractivity contribution in [2.45, 2.75) is 10.1 Å². The lowest BCUT2D eigenvalue weighted by Crippen LogP contribution is -1.99. The highest BCUT2D eigenvalue weighted by molar-refractivity contribution is 7.99. The summed E-state index contributed by atoms with van der Waals surface area (Å²) in [6.45, 7) is 0. The van der Waals surface area contributed by atoms with Crippen molar-refractivity contribution in [3.63, 3.8) is 0 Å². The van der Waals surface area contributed by atoms with Crippen LogP contribution in [0.25, 0.3) is 5.69 Å². The first-order chi connectivity index (χ1) is 11.5. The number of tetrazole rings is 1. The summed E-state index contributed by atoms with van der Waals surface area (Å²) in [5.74, 6) is -1.23. The van der Waals surface area contributed by atoms with Crippen molar-refractivity contribution in [2.75, 3.05) is 0 Å². The van der Waals surface area contributed by atoms with E-state index in [1.807, 2.05) is 18.2 Å². The normalized spacial score (nSPS) is 10.5. The number of rotatable bonds is 5. The third-order valence-corrected chi connectivity index (χ3v) is 3.90. The van der Waals surface area contributed by atoms with Crippen LogP contribution in [0.3, 0.4) is 0 Å². The van der Waals surface area contributed by atoms with E-state index in [0.29, 0.717) is 5.69 Å². The molecule has 1 heterocycles. The van der Waals surface area contributed by atoms with Crippen LogP contribution in [0.15, 0.2) is 58.6 Å². The van der Waals surface area contributed by atoms with Crippen LogP contribution in [0.5, 0.6) is 0 Å². The zero-order valence-electron chi connectivity index (χ0n) is 11.9. The van der Waals surface area contributed by atoms with E-state index in [1.54, 1.807) is 12.1 Å². The van der Waals surface area contributed by atoms with Crippen LogP contribution < -0.4 is 0 Å². The third kappa shape index (κ3) is 3.22. The SMILES string of the molecule is O=C(O)c1ccc(Sc2nnn(-c3ccccc3)n2)c([N+](=O)[O-])c1. The van der Waals surface area contributed by atoms with Gasteiger partial charge >= 0.3 is 5.97 Å². The number of carbonyl (C=O) groups is 1. The van der Waals surface area contributed by atoms with Crippen molar-refractivity contribution in [2.24, 2.45) is 0 Å². The summed E-state index contributed by atoms with van der Waals surface area (Å²) < 4.78 is 0. The molecular formula is C14H9N5O4S. The second-order valence-corrected chi connectivity index (χ2v) is 5.55. The first-order valence-electron chi connectivity index (χ1n) is 6.59. The fourth-order valence-corrected chi connectivity index (χ4v) is 2.66. The van der Waals surface area contributed by atoms with E-state index < -0.39 is 10.9 Å². The molecule has 0 amide bonds. The average Bonchev–Trinajstić information content (AvgIpc) is 3.04. The molecule has 0 spiro atoms. The highest BCUT2D eigenvalue weighted by atomic mass is 32.2. The Bertz CT molecular complexity index is 913. The number of benzene rings is 2. The predicted molar refractivity (Wildman–Crippen MR) is 83.3 cm³/mol. The van der Waals surface area contributed by atoms with Crippen molar-refractivity contribution in [1.82, 2.24) is 20.2 Å². The quantitative estimate of drug-likeness (QED) is 0.553. The molecule has 0 saturated heterocycles. The van der Waals surface area contributed by atoms with E-state index >= 15 is 0 Å². The first-order valence-corrected chi connectivity index (χ1v) is 7.41. The highest BCUT2D eigenvalue weighted by Crippen LogP contribution is 2.33. The Morgan fingerprint density at radius 3 is 2.62 bits per heavy atom. The van der Waals surface area contributed by atoms with Gasteiger partial charge in [0.2, 0.25) is 5.16 Å². The summed E-state index contributed by atoms with van der Waals surface area (Å²) in [4.78, 5) is 23.0. The summed E-state index contributed by atoms with van der Waals surface area (Å²) in [6.07, 6.45) is 0. The second kappa shape index (κ2) is 6.46. The van der Waals surface area contributed by atoms with E-state index in [0.717, 1.165) is 17.8 Å². The van der Waals surface area contributed by atoms with Crippen molar-refractivity contribution >= 4 is 23.4 Å². The molecule has 0 unspecified atom stereocenters. The van der Waals surface area contributed by atoms with Crippen LogP contribution in [-0.2, 0) is 0 Å². The van der Waals surface area contributed by atoms with Crippen LogP contribution in [-0.4, -0.2) is 36.2 Å². The zero-order chi connectivity index (χ0) is 17.1. The molecule has 0 aliphatic rings. The summed E-state index contributed by atoms with van der Waals surface area (Å²) >= 11 is 0.938. The lowest BCUT2D eigenvalue weighted by atomic mass is 10.2. The average molecular weight is 343 g/mol. The van der Waals surface area contributed by atoms with Gasteiger partial charge in [0.05, 0.1) is 21.1 Å². The lowest BCUT2D eigenvalue weighted by Gasteiger charge is -2.01. The van der Waals surface area contributed by atoms with Crippen molar-refractivity contribution < 1.29 is 14.8 Å². The third-order valence-electron chi connectivity index (χ3n) is 2.99. The van der Waals surface area contributed by atoms with E-state index in [-0.39, 0.29) is 21.3 Å². The van der Waals surface area contributed by atoms with Crippen molar-refractivity contribution in [1.29, 1.82) is 0 Å². The van der Waals surface area contributed by atoms with Gasteiger partial charge in [0, 0.05) is 6.07 Å². The maximum atomic E-state index is 11.2. The fraction of sp³-hybridized carbons (Fsp3) is 0. The molecule has 0 fully saturated rings. The molecule has 0 aliphatic carbocycles. The minimum absolute atomic E-state index is 0.160. The Morgan fingerprint density at radius 2 is 1.96 bits per heavy atom. The molecule has 3 aromatic rings. The maximum absolute atomic E-state index is 11.2. The van der Waals surface area contributed by atoms with Gasteiger partial charge in [-0.1, -0.05) is 18.2 Å². The Morgan fingerprint density at radius 1 is 1.21 bits per heavy atom. The Hall–Kier alpha value is -3.27. The fourth-order valence-electron chi connectivity index (χ4n) is 1.89. The molecule has 0 saturated carbocycles. The van der Waals surface area contributed by atoms with Crippen LogP contribution in [0, 0.1) is 10.1 Å². The molecular weight excluding hydrogens is 334 g/mol. The summed E-state index contributed by atoms with van der Waals surface area (Å²) in [5.41, 5.74) is 0.218. The number of hydrogen-bond acceptors (Lipinski definition) is 7. The lowest BCUT2D eigenvalue weighted by molar-refractivity contribution is -0.387. The molecule has 1 aromatic heterocycles. The first kappa shape index (κ1) is 15.6. The smallest absolute Gasteiger partial charge is 0.335 e. The number of aromatic carboxylic acids is 1. The molecule has 0 aliphatic heterocycles. The van der Waals surface area contributed by atoms with Gasteiger partial charge in [0.1, 0.15) is 0 Å². The number of carboxylic acids is 1. The van der Waals surface area contributed by atoms with Crippen LogP contribution >= 0.6 is 11.8 Å². The molecule has 0 radical (unpaired) electrons. The predicted octanol–water partition coefficient (Wildman–Crippen LogP) is 2.42. The molecule has 24 heavy (non-hydrogen) atoms. The van der Waals surface area contributed by atoms with Gasteiger partial charge in [0.25, 0.3) is 5.69 Å². The van der Waals surface area contributed by atoms with E-state index in [4.69, 9.17) is 5.11 Å². The minimum atomic E-state index is -1.23. The number of para-hydroxylation sites is 1. The van der Waals surface area contributed by atoms with Gasteiger partial charge in [-0.15, -0.1) is 15.0 Å². The van der Waals surface area contributed by atoms with Crippen LogP contribution in [0.1, 0.15) is 10.4 Å². The van der Waals surface area contributed by atoms with Crippen LogP contribution in [0.2, 0.25) is 0 Å². The molecule has 3 rings (SSSR count). The molecule has 1 N–H and O–H groups in total. The largest absolute Gasteiger partial charge is 0.478 e. The summed E-state index contributed by atoms with van der Waals surface area (Å²) in [6, 6.07) is 12.7. The number of carboxylic acid groups (broad SMARTS) is 1. The van der Waals surface area contributed by atoms with Gasteiger partial charge in [0.15, 0.2) is 0 Å². The number of aromatic nitrogens is 4. The molecule has 0 bridgehead atoms. The van der Waals surface area contributed by atoms with Gasteiger partial charge in [-0.3, -0.25) is 10.1 Å². The summed E-state index contributed by atoms with van der Waals surface area (Å²) in [5, 5.41) is 32.2. The maximum Gasteiger partial charge on any atom is 0.335 e. The highest BCUT2D eigenvalue weighted by Gasteiger charge is 2.20. The Kier molecular flexibility index (Phi) is 4.20. The standard InChI is InChI=1S/C14H9N5O4S/c20-13(21)9-6-7-12(11(8-9)19(22)23)24-14-15-17-18(16-14)10-4-2-1-3-5-10/h1-8H,(H,20,21). The van der Waals surface area contributed by atoms with E-state index in [9.17, 15) is 14.9 Å². The van der Waals surface area contributed by atoms with E-state index in [1.165, 1.54) is 16.9 Å². The zero-order valence-corrected chi connectivity index (χ0v) is 12.8. The van der Waals surface area contributed by atoms with E-state index in [2.05, 4.69) is 15.4 Å². The minimum Gasteiger partial charge on any atom is -0.478 e. The molecule has 9 nitrogen and oxygen atoms in total. The van der Waals surface area contributed by atoms with Gasteiger partial charge in [-0.25, -0.2) is 4.79 Å². The monoisotopic (exact) mass is 343 g/mol.